The molecule has 0 saturated heterocycles. The second-order valence-corrected chi connectivity index (χ2v) is 7.17. The van der Waals surface area contributed by atoms with Crippen LogP contribution in [-0.4, -0.2) is 32.7 Å². The van der Waals surface area contributed by atoms with Gasteiger partial charge in [0.05, 0.1) is 6.54 Å². The number of nitrogens with zero attached hydrogens (tertiary/aromatic N) is 5. The third-order valence-electron chi connectivity index (χ3n) is 4.18. The van der Waals surface area contributed by atoms with Gasteiger partial charge in [0.25, 0.3) is 0 Å². The van der Waals surface area contributed by atoms with Gasteiger partial charge in [-0.1, -0.05) is 36.4 Å². The highest BCUT2D eigenvalue weighted by Gasteiger charge is 2.10. The SMILES string of the molecule is Cc1nnc(CN=C(NCc2cccs2)N(C)Cc2ccccc2)n1C. The number of aryl methyl sites for hydroxylation is 1. The van der Waals surface area contributed by atoms with Crippen LogP contribution in [0.3, 0.4) is 0 Å². The predicted octanol–water partition coefficient (Wildman–Crippen LogP) is 2.96. The molecule has 3 aromatic rings. The van der Waals surface area contributed by atoms with Crippen LogP contribution in [-0.2, 0) is 26.7 Å². The monoisotopic (exact) mass is 368 g/mol. The number of hydrogen-bond donors (Lipinski definition) is 1. The van der Waals surface area contributed by atoms with Crippen molar-refractivity contribution >= 4 is 17.3 Å². The molecule has 2 heterocycles. The summed E-state index contributed by atoms with van der Waals surface area (Å²) >= 11 is 1.74. The lowest BCUT2D eigenvalue weighted by Crippen LogP contribution is -2.38. The molecule has 0 unspecified atom stereocenters. The summed E-state index contributed by atoms with van der Waals surface area (Å²) in [5.74, 6) is 2.59. The smallest absolute Gasteiger partial charge is 0.194 e. The maximum absolute atomic E-state index is 4.78. The van der Waals surface area contributed by atoms with E-state index in [0.29, 0.717) is 6.54 Å². The minimum Gasteiger partial charge on any atom is -0.351 e. The van der Waals surface area contributed by atoms with Gasteiger partial charge in [-0.15, -0.1) is 21.5 Å². The Morgan fingerprint density at radius 2 is 2.00 bits per heavy atom. The number of guanidine groups is 1. The Morgan fingerprint density at radius 1 is 1.19 bits per heavy atom. The highest BCUT2D eigenvalue weighted by Crippen LogP contribution is 2.09. The number of hydrogen-bond acceptors (Lipinski definition) is 4. The minimum atomic E-state index is 0.489. The van der Waals surface area contributed by atoms with E-state index in [2.05, 4.69) is 69.2 Å². The number of benzene rings is 1. The molecule has 0 atom stereocenters. The maximum atomic E-state index is 4.78. The third-order valence-corrected chi connectivity index (χ3v) is 5.05. The van der Waals surface area contributed by atoms with Crippen LogP contribution in [0.4, 0.5) is 0 Å². The van der Waals surface area contributed by atoms with Crippen molar-refractivity contribution < 1.29 is 0 Å². The molecule has 6 nitrogen and oxygen atoms in total. The summed E-state index contributed by atoms with van der Waals surface area (Å²) in [4.78, 5) is 8.19. The van der Waals surface area contributed by atoms with Crippen molar-refractivity contribution in [2.75, 3.05) is 7.05 Å². The van der Waals surface area contributed by atoms with Gasteiger partial charge in [0.2, 0.25) is 0 Å². The summed E-state index contributed by atoms with van der Waals surface area (Å²) in [7, 11) is 4.02. The van der Waals surface area contributed by atoms with Crippen molar-refractivity contribution in [3.05, 3.63) is 69.9 Å². The molecule has 26 heavy (non-hydrogen) atoms. The Morgan fingerprint density at radius 3 is 2.65 bits per heavy atom. The van der Waals surface area contributed by atoms with Crippen molar-refractivity contribution in [3.63, 3.8) is 0 Å². The zero-order chi connectivity index (χ0) is 18.4. The molecule has 136 valence electrons. The Bertz CT molecular complexity index is 838. The van der Waals surface area contributed by atoms with Crippen LogP contribution in [0.15, 0.2) is 52.8 Å². The molecule has 0 aliphatic heterocycles. The molecule has 0 aliphatic carbocycles. The molecule has 3 rings (SSSR count). The first-order chi connectivity index (χ1) is 12.6. The van der Waals surface area contributed by atoms with E-state index in [0.717, 1.165) is 30.7 Å². The average Bonchev–Trinajstić information content (AvgIpc) is 3.27. The molecule has 1 aromatic carbocycles. The summed E-state index contributed by atoms with van der Waals surface area (Å²) < 4.78 is 1.97. The van der Waals surface area contributed by atoms with Crippen LogP contribution in [0.2, 0.25) is 0 Å². The minimum absolute atomic E-state index is 0.489. The number of aliphatic imine (C=N–C) groups is 1. The van der Waals surface area contributed by atoms with Gasteiger partial charge in [0, 0.05) is 25.5 Å². The number of aromatic nitrogens is 3. The van der Waals surface area contributed by atoms with E-state index in [1.54, 1.807) is 11.3 Å². The highest BCUT2D eigenvalue weighted by molar-refractivity contribution is 7.09. The van der Waals surface area contributed by atoms with E-state index in [1.165, 1.54) is 10.4 Å². The van der Waals surface area contributed by atoms with Crippen LogP contribution in [0.25, 0.3) is 0 Å². The van der Waals surface area contributed by atoms with E-state index < -0.39 is 0 Å². The molecule has 0 saturated carbocycles. The molecule has 2 aromatic heterocycles. The van der Waals surface area contributed by atoms with Gasteiger partial charge in [-0.25, -0.2) is 4.99 Å². The molecule has 0 spiro atoms. The number of rotatable bonds is 6. The van der Waals surface area contributed by atoms with Crippen LogP contribution in [0.5, 0.6) is 0 Å². The summed E-state index contributed by atoms with van der Waals surface area (Å²) in [5, 5.41) is 13.9. The quantitative estimate of drug-likeness (QED) is 0.537. The van der Waals surface area contributed by atoms with E-state index in [4.69, 9.17) is 4.99 Å². The Hall–Kier alpha value is -2.67. The normalized spacial score (nSPS) is 11.6. The molecule has 0 radical (unpaired) electrons. The fourth-order valence-electron chi connectivity index (χ4n) is 2.56. The van der Waals surface area contributed by atoms with E-state index in [-0.39, 0.29) is 0 Å². The van der Waals surface area contributed by atoms with Crippen molar-refractivity contribution in [2.45, 2.75) is 26.6 Å². The first-order valence-electron chi connectivity index (χ1n) is 8.54. The lowest BCUT2D eigenvalue weighted by Gasteiger charge is -2.22. The molecular weight excluding hydrogens is 344 g/mol. The van der Waals surface area contributed by atoms with Gasteiger partial charge in [0.15, 0.2) is 11.8 Å². The largest absolute Gasteiger partial charge is 0.351 e. The lowest BCUT2D eigenvalue weighted by atomic mass is 10.2. The zero-order valence-corrected chi connectivity index (χ0v) is 16.2. The summed E-state index contributed by atoms with van der Waals surface area (Å²) in [5.41, 5.74) is 1.25. The first-order valence-corrected chi connectivity index (χ1v) is 9.42. The van der Waals surface area contributed by atoms with Crippen molar-refractivity contribution in [1.82, 2.24) is 25.0 Å². The second-order valence-electron chi connectivity index (χ2n) is 6.14. The van der Waals surface area contributed by atoms with Gasteiger partial charge in [-0.05, 0) is 23.9 Å². The maximum Gasteiger partial charge on any atom is 0.194 e. The van der Waals surface area contributed by atoms with Gasteiger partial charge in [-0.2, -0.15) is 0 Å². The predicted molar refractivity (Wildman–Crippen MR) is 106 cm³/mol. The molecular formula is C19H24N6S. The van der Waals surface area contributed by atoms with Gasteiger partial charge >= 0.3 is 0 Å². The summed E-state index contributed by atoms with van der Waals surface area (Å²) in [6.07, 6.45) is 0. The fraction of sp³-hybridized carbons (Fsp3) is 0.316. The van der Waals surface area contributed by atoms with Gasteiger partial charge in [0.1, 0.15) is 12.4 Å². The molecule has 0 bridgehead atoms. The van der Waals surface area contributed by atoms with Crippen LogP contribution >= 0.6 is 11.3 Å². The van der Waals surface area contributed by atoms with E-state index in [9.17, 15) is 0 Å². The first kappa shape index (κ1) is 18.1. The third kappa shape index (κ3) is 4.70. The number of nitrogens with one attached hydrogen (secondary N) is 1. The van der Waals surface area contributed by atoms with Crippen molar-refractivity contribution in [1.29, 1.82) is 0 Å². The van der Waals surface area contributed by atoms with E-state index in [1.807, 2.05) is 24.6 Å². The Kier molecular flexibility index (Phi) is 6.01. The summed E-state index contributed by atoms with van der Waals surface area (Å²) in [6, 6.07) is 14.6. The van der Waals surface area contributed by atoms with Gasteiger partial charge < -0.3 is 14.8 Å². The summed E-state index contributed by atoms with van der Waals surface area (Å²) in [6.45, 7) is 3.98. The van der Waals surface area contributed by atoms with Crippen LogP contribution < -0.4 is 5.32 Å². The lowest BCUT2D eigenvalue weighted by molar-refractivity contribution is 0.474. The van der Waals surface area contributed by atoms with Crippen LogP contribution in [0, 0.1) is 6.92 Å². The van der Waals surface area contributed by atoms with Crippen molar-refractivity contribution in [2.24, 2.45) is 12.0 Å². The number of thiophene rings is 1. The average molecular weight is 369 g/mol. The highest BCUT2D eigenvalue weighted by atomic mass is 32.1. The zero-order valence-electron chi connectivity index (χ0n) is 15.4. The molecule has 0 amide bonds. The molecule has 0 aliphatic rings. The topological polar surface area (TPSA) is 58.3 Å². The Balaban J connectivity index is 1.73. The Labute approximate surface area is 158 Å². The van der Waals surface area contributed by atoms with Crippen molar-refractivity contribution in [3.8, 4) is 0 Å². The van der Waals surface area contributed by atoms with E-state index >= 15 is 0 Å². The standard InChI is InChI=1S/C19H24N6S/c1-15-22-23-18(25(15)3)13-21-19(20-12-17-10-7-11-26-17)24(2)14-16-8-5-4-6-9-16/h4-11H,12-14H2,1-3H3,(H,20,21). The molecule has 1 N–H and O–H groups in total. The second kappa shape index (κ2) is 8.62. The molecule has 0 fully saturated rings. The van der Waals surface area contributed by atoms with Crippen LogP contribution in [0.1, 0.15) is 22.1 Å². The van der Waals surface area contributed by atoms with Gasteiger partial charge in [-0.3, -0.25) is 0 Å². The fourth-order valence-corrected chi connectivity index (χ4v) is 3.20. The molecule has 7 heteroatoms.